The molecule has 3 nitrogen and oxygen atoms in total. The fraction of sp³-hybridized carbons (Fsp3) is 0.182. The molecule has 0 aliphatic rings. The SMILES string of the molecule is O=C([O-])[C@@H](c1c[nH]c2ccccc12)C(F)(F)F. The van der Waals surface area contributed by atoms with Gasteiger partial charge in [-0.25, -0.2) is 0 Å². The first-order valence-corrected chi connectivity index (χ1v) is 4.75. The number of aliphatic carboxylic acids is 1. The predicted octanol–water partition coefficient (Wildman–Crippen LogP) is 1.56. The van der Waals surface area contributed by atoms with E-state index in [1.54, 1.807) is 18.2 Å². The number of carbonyl (C=O) groups is 1. The molecule has 2 rings (SSSR count). The van der Waals surface area contributed by atoms with E-state index in [0.29, 0.717) is 5.52 Å². The van der Waals surface area contributed by atoms with E-state index in [1.165, 1.54) is 6.07 Å². The number of rotatable bonds is 2. The van der Waals surface area contributed by atoms with Crippen molar-refractivity contribution in [3.8, 4) is 0 Å². The van der Waals surface area contributed by atoms with E-state index in [0.717, 1.165) is 6.20 Å². The molecule has 0 unspecified atom stereocenters. The number of nitrogens with one attached hydrogen (secondary N) is 1. The molecule has 1 N–H and O–H groups in total. The number of carboxylic acids is 1. The molecule has 6 heteroatoms. The summed E-state index contributed by atoms with van der Waals surface area (Å²) >= 11 is 0. The highest BCUT2D eigenvalue weighted by Crippen LogP contribution is 2.37. The van der Waals surface area contributed by atoms with Crippen LogP contribution in [0.5, 0.6) is 0 Å². The third-order valence-corrected chi connectivity index (χ3v) is 2.50. The van der Waals surface area contributed by atoms with E-state index in [9.17, 15) is 23.1 Å². The summed E-state index contributed by atoms with van der Waals surface area (Å²) in [5, 5.41) is 10.9. The minimum atomic E-state index is -4.87. The Labute approximate surface area is 93.9 Å². The van der Waals surface area contributed by atoms with Crippen molar-refractivity contribution in [3.05, 3.63) is 36.0 Å². The number of H-pyrrole nitrogens is 1. The lowest BCUT2D eigenvalue weighted by molar-refractivity contribution is -0.318. The summed E-state index contributed by atoms with van der Waals surface area (Å²) < 4.78 is 37.9. The number of carboxylic acid groups (broad SMARTS) is 1. The summed E-state index contributed by atoms with van der Waals surface area (Å²) in [5.74, 6) is -4.76. The van der Waals surface area contributed by atoms with E-state index >= 15 is 0 Å². The van der Waals surface area contributed by atoms with Crippen molar-refractivity contribution in [1.29, 1.82) is 0 Å². The molecular weight excluding hydrogens is 235 g/mol. The molecule has 0 saturated heterocycles. The largest absolute Gasteiger partial charge is 0.549 e. The van der Waals surface area contributed by atoms with Gasteiger partial charge in [0.25, 0.3) is 0 Å². The van der Waals surface area contributed by atoms with Crippen LogP contribution in [0.2, 0.25) is 0 Å². The van der Waals surface area contributed by atoms with Crippen LogP contribution >= 0.6 is 0 Å². The van der Waals surface area contributed by atoms with Crippen molar-refractivity contribution in [2.24, 2.45) is 0 Å². The average molecular weight is 242 g/mol. The van der Waals surface area contributed by atoms with Crippen LogP contribution in [0.4, 0.5) is 13.2 Å². The van der Waals surface area contributed by atoms with Crippen molar-refractivity contribution < 1.29 is 23.1 Å². The van der Waals surface area contributed by atoms with Crippen LogP contribution in [0.1, 0.15) is 11.5 Å². The Balaban J connectivity index is 2.61. The number of aromatic nitrogens is 1. The van der Waals surface area contributed by atoms with Gasteiger partial charge in [0.15, 0.2) is 0 Å². The van der Waals surface area contributed by atoms with Crippen molar-refractivity contribution in [1.82, 2.24) is 4.98 Å². The van der Waals surface area contributed by atoms with E-state index in [2.05, 4.69) is 4.98 Å². The number of aromatic amines is 1. The monoisotopic (exact) mass is 242 g/mol. The Morgan fingerprint density at radius 2 is 1.94 bits per heavy atom. The molecule has 2 aromatic rings. The second-order valence-corrected chi connectivity index (χ2v) is 3.58. The van der Waals surface area contributed by atoms with Gasteiger partial charge < -0.3 is 14.9 Å². The summed E-state index contributed by atoms with van der Waals surface area (Å²) in [7, 11) is 0. The summed E-state index contributed by atoms with van der Waals surface area (Å²) in [6.45, 7) is 0. The number of carbonyl (C=O) groups excluding carboxylic acids is 1. The topological polar surface area (TPSA) is 55.9 Å². The Morgan fingerprint density at radius 1 is 1.29 bits per heavy atom. The van der Waals surface area contributed by atoms with E-state index < -0.39 is 18.1 Å². The molecule has 1 aromatic carbocycles. The standard InChI is InChI=1S/C11H8F3NO2/c12-11(13,14)9(10(16)17)7-5-15-8-4-2-1-3-6(7)8/h1-5,9,15H,(H,16,17)/p-1/t9-/m1/s1. The number of hydrogen-bond donors (Lipinski definition) is 1. The van der Waals surface area contributed by atoms with Crippen molar-refractivity contribution in [2.75, 3.05) is 0 Å². The average Bonchev–Trinajstić information content (AvgIpc) is 2.60. The molecule has 1 aromatic heterocycles. The summed E-state index contributed by atoms with van der Waals surface area (Å²) in [4.78, 5) is 13.2. The van der Waals surface area contributed by atoms with E-state index in [1.807, 2.05) is 0 Å². The maximum absolute atomic E-state index is 12.6. The van der Waals surface area contributed by atoms with Gasteiger partial charge in [-0.2, -0.15) is 13.2 Å². The quantitative estimate of drug-likeness (QED) is 0.868. The zero-order chi connectivity index (χ0) is 12.6. The Hall–Kier alpha value is -1.98. The van der Waals surface area contributed by atoms with Gasteiger partial charge in [0.1, 0.15) is 5.92 Å². The molecule has 0 aliphatic heterocycles. The number of hydrogen-bond acceptors (Lipinski definition) is 2. The normalized spacial score (nSPS) is 13.8. The number of fused-ring (bicyclic) bond motifs is 1. The minimum absolute atomic E-state index is 0.235. The first kappa shape index (κ1) is 11.5. The lowest BCUT2D eigenvalue weighted by Gasteiger charge is -2.20. The molecule has 1 atom stereocenters. The summed E-state index contributed by atoms with van der Waals surface area (Å²) in [6, 6.07) is 6.19. The van der Waals surface area contributed by atoms with Crippen molar-refractivity contribution in [3.63, 3.8) is 0 Å². The zero-order valence-electron chi connectivity index (χ0n) is 8.41. The maximum Gasteiger partial charge on any atom is 0.400 e. The van der Waals surface area contributed by atoms with Crippen molar-refractivity contribution in [2.45, 2.75) is 12.1 Å². The molecule has 0 aliphatic carbocycles. The van der Waals surface area contributed by atoms with Gasteiger partial charge in [-0.15, -0.1) is 0 Å². The highest BCUT2D eigenvalue weighted by Gasteiger charge is 2.42. The van der Waals surface area contributed by atoms with E-state index in [-0.39, 0.29) is 10.9 Å². The zero-order valence-corrected chi connectivity index (χ0v) is 8.41. The van der Waals surface area contributed by atoms with Gasteiger partial charge in [0, 0.05) is 17.1 Å². The molecule has 0 bridgehead atoms. The van der Waals surface area contributed by atoms with Crippen LogP contribution in [-0.2, 0) is 4.79 Å². The molecular formula is C11H7F3NO2-. The first-order valence-electron chi connectivity index (χ1n) is 4.75. The van der Waals surface area contributed by atoms with Crippen LogP contribution in [0.3, 0.4) is 0 Å². The Morgan fingerprint density at radius 3 is 2.53 bits per heavy atom. The highest BCUT2D eigenvalue weighted by molar-refractivity contribution is 5.89. The van der Waals surface area contributed by atoms with Gasteiger partial charge >= 0.3 is 6.18 Å². The van der Waals surface area contributed by atoms with Crippen LogP contribution in [-0.4, -0.2) is 17.1 Å². The van der Waals surface area contributed by atoms with Gasteiger partial charge in [-0.05, 0) is 11.6 Å². The van der Waals surface area contributed by atoms with Crippen LogP contribution in [0, 0.1) is 0 Å². The fourth-order valence-corrected chi connectivity index (χ4v) is 1.77. The molecule has 17 heavy (non-hydrogen) atoms. The Kier molecular flexibility index (Phi) is 2.57. The summed E-state index contributed by atoms with van der Waals surface area (Å²) in [5.41, 5.74) is 0.131. The lowest BCUT2D eigenvalue weighted by atomic mass is 9.98. The van der Waals surface area contributed by atoms with Gasteiger partial charge in [-0.1, -0.05) is 18.2 Å². The molecule has 0 radical (unpaired) electrons. The molecule has 1 heterocycles. The first-order chi connectivity index (χ1) is 7.91. The van der Waals surface area contributed by atoms with Gasteiger partial charge in [0.05, 0.1) is 5.97 Å². The molecule has 0 fully saturated rings. The van der Waals surface area contributed by atoms with Crippen LogP contribution in [0.15, 0.2) is 30.5 Å². The molecule has 0 spiro atoms. The third-order valence-electron chi connectivity index (χ3n) is 2.50. The smallest absolute Gasteiger partial charge is 0.400 e. The number of alkyl halides is 3. The number of benzene rings is 1. The molecule has 0 saturated carbocycles. The lowest BCUT2D eigenvalue weighted by Crippen LogP contribution is -2.38. The summed E-state index contributed by atoms with van der Waals surface area (Å²) in [6.07, 6.45) is -3.82. The maximum atomic E-state index is 12.6. The predicted molar refractivity (Wildman–Crippen MR) is 52.1 cm³/mol. The second kappa shape index (κ2) is 3.80. The Bertz CT molecular complexity index is 559. The highest BCUT2D eigenvalue weighted by atomic mass is 19.4. The number of para-hydroxylation sites is 1. The third kappa shape index (κ3) is 1.98. The number of halogens is 3. The second-order valence-electron chi connectivity index (χ2n) is 3.58. The van der Waals surface area contributed by atoms with Gasteiger partial charge in [-0.3, -0.25) is 0 Å². The molecule has 90 valence electrons. The molecule has 0 amide bonds. The van der Waals surface area contributed by atoms with Crippen molar-refractivity contribution >= 4 is 16.9 Å². The van der Waals surface area contributed by atoms with E-state index in [4.69, 9.17) is 0 Å². The van der Waals surface area contributed by atoms with Gasteiger partial charge in [0.2, 0.25) is 0 Å². The van der Waals surface area contributed by atoms with Crippen LogP contribution < -0.4 is 5.11 Å². The minimum Gasteiger partial charge on any atom is -0.549 e. The van der Waals surface area contributed by atoms with Crippen LogP contribution in [0.25, 0.3) is 10.9 Å². The fourth-order valence-electron chi connectivity index (χ4n) is 1.77.